The molecule has 7 heteroatoms. The maximum atomic E-state index is 12.6. The Hall–Kier alpha value is -1.89. The highest BCUT2D eigenvalue weighted by molar-refractivity contribution is 7.89. The summed E-state index contributed by atoms with van der Waals surface area (Å²) < 4.78 is 32.9. The Kier molecular flexibility index (Phi) is 6.43. The standard InChI is InChI=1S/C21H24ClNO4S/c1-14-3-4-15-13-17(7-10-20(15)19(14)11-12-21(24)27-2)23-28(25,26)18-8-5-16(22)6-9-18/h3-6,8-9,17,23H,7,10-13H2,1-2H3. The zero-order chi connectivity index (χ0) is 20.3. The highest BCUT2D eigenvalue weighted by atomic mass is 35.5. The van der Waals surface area contributed by atoms with Crippen LogP contribution in [0.3, 0.4) is 0 Å². The summed E-state index contributed by atoms with van der Waals surface area (Å²) in [5.74, 6) is -0.221. The number of rotatable bonds is 6. The van der Waals surface area contributed by atoms with Crippen molar-refractivity contribution in [3.8, 4) is 0 Å². The van der Waals surface area contributed by atoms with Crippen molar-refractivity contribution in [2.24, 2.45) is 0 Å². The van der Waals surface area contributed by atoms with Gasteiger partial charge in [0, 0.05) is 17.5 Å². The van der Waals surface area contributed by atoms with Crippen LogP contribution in [-0.2, 0) is 38.8 Å². The van der Waals surface area contributed by atoms with Crippen LogP contribution in [0.5, 0.6) is 0 Å². The molecule has 1 aliphatic rings. The van der Waals surface area contributed by atoms with E-state index in [-0.39, 0.29) is 16.9 Å². The van der Waals surface area contributed by atoms with Gasteiger partial charge in [-0.15, -0.1) is 0 Å². The van der Waals surface area contributed by atoms with E-state index in [1.807, 2.05) is 13.0 Å². The average molecular weight is 422 g/mol. The summed E-state index contributed by atoms with van der Waals surface area (Å²) >= 11 is 5.85. The second-order valence-corrected chi connectivity index (χ2v) is 9.24. The number of nitrogens with one attached hydrogen (secondary N) is 1. The van der Waals surface area contributed by atoms with Crippen LogP contribution in [0, 0.1) is 6.92 Å². The number of carbonyl (C=O) groups is 1. The van der Waals surface area contributed by atoms with E-state index in [2.05, 4.69) is 10.8 Å². The van der Waals surface area contributed by atoms with E-state index < -0.39 is 10.0 Å². The number of halogens is 1. The van der Waals surface area contributed by atoms with Crippen LogP contribution in [0.25, 0.3) is 0 Å². The molecule has 2 aromatic carbocycles. The van der Waals surface area contributed by atoms with Gasteiger partial charge in [-0.1, -0.05) is 23.7 Å². The number of fused-ring (bicyclic) bond motifs is 1. The molecule has 0 amide bonds. The number of hydrogen-bond acceptors (Lipinski definition) is 4. The molecule has 3 rings (SSSR count). The summed E-state index contributed by atoms with van der Waals surface area (Å²) in [5, 5.41) is 0.500. The molecule has 0 radical (unpaired) electrons. The third-order valence-electron chi connectivity index (χ3n) is 5.22. The number of methoxy groups -OCH3 is 1. The van der Waals surface area contributed by atoms with Gasteiger partial charge in [0.2, 0.25) is 10.0 Å². The first-order valence-corrected chi connectivity index (χ1v) is 11.1. The molecule has 1 N–H and O–H groups in total. The van der Waals surface area contributed by atoms with Gasteiger partial charge in [0.1, 0.15) is 0 Å². The Labute approximate surface area is 171 Å². The maximum Gasteiger partial charge on any atom is 0.305 e. The normalized spacial score (nSPS) is 16.5. The number of benzene rings is 2. The quantitative estimate of drug-likeness (QED) is 0.723. The van der Waals surface area contributed by atoms with Crippen molar-refractivity contribution in [1.82, 2.24) is 4.72 Å². The minimum absolute atomic E-state index is 0.163. The topological polar surface area (TPSA) is 72.5 Å². The van der Waals surface area contributed by atoms with Crippen LogP contribution in [-0.4, -0.2) is 27.5 Å². The van der Waals surface area contributed by atoms with E-state index in [1.165, 1.54) is 30.4 Å². The minimum Gasteiger partial charge on any atom is -0.469 e. The lowest BCUT2D eigenvalue weighted by Crippen LogP contribution is -2.39. The third-order valence-corrected chi connectivity index (χ3v) is 7.01. The fraction of sp³-hybridized carbons (Fsp3) is 0.381. The van der Waals surface area contributed by atoms with Gasteiger partial charge in [0.15, 0.2) is 0 Å². The van der Waals surface area contributed by atoms with Crippen molar-refractivity contribution < 1.29 is 17.9 Å². The summed E-state index contributed by atoms with van der Waals surface area (Å²) in [5.41, 5.74) is 4.72. The summed E-state index contributed by atoms with van der Waals surface area (Å²) in [6, 6.07) is 10.1. The van der Waals surface area contributed by atoms with Crippen molar-refractivity contribution in [3.63, 3.8) is 0 Å². The molecule has 0 spiro atoms. The molecule has 0 saturated heterocycles. The van der Waals surface area contributed by atoms with Gasteiger partial charge in [-0.05, 0) is 79.1 Å². The van der Waals surface area contributed by atoms with Crippen LogP contribution >= 0.6 is 11.6 Å². The maximum absolute atomic E-state index is 12.6. The van der Waals surface area contributed by atoms with E-state index in [9.17, 15) is 13.2 Å². The zero-order valence-electron chi connectivity index (χ0n) is 16.0. The van der Waals surface area contributed by atoms with Gasteiger partial charge < -0.3 is 4.74 Å². The van der Waals surface area contributed by atoms with Crippen LogP contribution in [0.1, 0.15) is 35.1 Å². The molecule has 0 heterocycles. The predicted molar refractivity (Wildman–Crippen MR) is 109 cm³/mol. The summed E-state index contributed by atoms with van der Waals surface area (Å²) in [6.07, 6.45) is 3.12. The first-order valence-electron chi connectivity index (χ1n) is 9.25. The largest absolute Gasteiger partial charge is 0.469 e. The molecule has 1 unspecified atom stereocenters. The van der Waals surface area contributed by atoms with Gasteiger partial charge in [-0.2, -0.15) is 0 Å². The van der Waals surface area contributed by atoms with Gasteiger partial charge in [-0.25, -0.2) is 13.1 Å². The van der Waals surface area contributed by atoms with Crippen LogP contribution < -0.4 is 4.72 Å². The van der Waals surface area contributed by atoms with Crippen molar-refractivity contribution in [2.45, 2.75) is 50.0 Å². The smallest absolute Gasteiger partial charge is 0.305 e. The van der Waals surface area contributed by atoms with Gasteiger partial charge >= 0.3 is 5.97 Å². The Morgan fingerprint density at radius 2 is 1.93 bits per heavy atom. The van der Waals surface area contributed by atoms with E-state index in [0.717, 1.165) is 17.5 Å². The first-order chi connectivity index (χ1) is 13.3. The number of hydrogen-bond donors (Lipinski definition) is 1. The molecular formula is C21H24ClNO4S. The molecule has 2 aromatic rings. The van der Waals surface area contributed by atoms with E-state index in [4.69, 9.17) is 16.3 Å². The average Bonchev–Trinajstić information content (AvgIpc) is 2.67. The summed E-state index contributed by atoms with van der Waals surface area (Å²) in [6.45, 7) is 2.04. The van der Waals surface area contributed by atoms with Crippen molar-refractivity contribution in [1.29, 1.82) is 0 Å². The number of aryl methyl sites for hydroxylation is 1. The molecule has 0 aromatic heterocycles. The molecular weight excluding hydrogens is 398 g/mol. The minimum atomic E-state index is -3.59. The second-order valence-electron chi connectivity index (χ2n) is 7.09. The number of ether oxygens (including phenoxy) is 1. The lowest BCUT2D eigenvalue weighted by molar-refractivity contribution is -0.140. The fourth-order valence-electron chi connectivity index (χ4n) is 3.73. The molecule has 1 atom stereocenters. The van der Waals surface area contributed by atoms with E-state index >= 15 is 0 Å². The third kappa shape index (κ3) is 4.74. The molecule has 0 fully saturated rings. The van der Waals surface area contributed by atoms with Crippen LogP contribution in [0.2, 0.25) is 5.02 Å². The highest BCUT2D eigenvalue weighted by Gasteiger charge is 2.26. The Balaban J connectivity index is 1.76. The highest BCUT2D eigenvalue weighted by Crippen LogP contribution is 2.29. The Bertz CT molecular complexity index is 971. The molecule has 150 valence electrons. The van der Waals surface area contributed by atoms with Crippen molar-refractivity contribution >= 4 is 27.6 Å². The number of sulfonamides is 1. The zero-order valence-corrected chi connectivity index (χ0v) is 17.6. The molecule has 0 aliphatic heterocycles. The number of esters is 1. The second kappa shape index (κ2) is 8.64. The summed E-state index contributed by atoms with van der Waals surface area (Å²) in [4.78, 5) is 11.7. The molecule has 0 bridgehead atoms. The lowest BCUT2D eigenvalue weighted by Gasteiger charge is -2.28. The molecule has 1 aliphatic carbocycles. The molecule has 0 saturated carbocycles. The molecule has 28 heavy (non-hydrogen) atoms. The number of carbonyl (C=O) groups excluding carboxylic acids is 1. The van der Waals surface area contributed by atoms with E-state index in [1.54, 1.807) is 12.1 Å². The van der Waals surface area contributed by atoms with E-state index in [0.29, 0.717) is 30.7 Å². The Morgan fingerprint density at radius 3 is 2.61 bits per heavy atom. The first kappa shape index (κ1) is 20.8. The van der Waals surface area contributed by atoms with Gasteiger partial charge in [0.05, 0.1) is 12.0 Å². The predicted octanol–water partition coefficient (Wildman–Crippen LogP) is 3.59. The monoisotopic (exact) mass is 421 g/mol. The van der Waals surface area contributed by atoms with Crippen LogP contribution in [0.15, 0.2) is 41.3 Å². The van der Waals surface area contributed by atoms with Crippen molar-refractivity contribution in [2.75, 3.05) is 7.11 Å². The van der Waals surface area contributed by atoms with Crippen LogP contribution in [0.4, 0.5) is 0 Å². The van der Waals surface area contributed by atoms with Crippen molar-refractivity contribution in [3.05, 3.63) is 63.7 Å². The Morgan fingerprint density at radius 1 is 1.21 bits per heavy atom. The fourth-order valence-corrected chi connectivity index (χ4v) is 5.12. The SMILES string of the molecule is COC(=O)CCc1c(C)ccc2c1CCC(NS(=O)(=O)c1ccc(Cl)cc1)C2. The van der Waals surface area contributed by atoms with Gasteiger partial charge in [-0.3, -0.25) is 4.79 Å². The summed E-state index contributed by atoms with van der Waals surface area (Å²) in [7, 11) is -2.20. The lowest BCUT2D eigenvalue weighted by atomic mass is 9.83. The molecule has 5 nitrogen and oxygen atoms in total. The van der Waals surface area contributed by atoms with Gasteiger partial charge in [0.25, 0.3) is 0 Å².